The van der Waals surface area contributed by atoms with Crippen LogP contribution in [0.15, 0.2) is 23.4 Å². The van der Waals surface area contributed by atoms with Crippen LogP contribution in [0.5, 0.6) is 0 Å². The van der Waals surface area contributed by atoms with Gasteiger partial charge in [-0.15, -0.1) is 0 Å². The second-order valence-electron chi connectivity index (χ2n) is 3.32. The number of hydrogen-bond donors (Lipinski definition) is 1. The molecule has 1 N–H and O–H groups in total. The van der Waals surface area contributed by atoms with Crippen molar-refractivity contribution in [1.29, 1.82) is 0 Å². The van der Waals surface area contributed by atoms with Crippen molar-refractivity contribution in [2.75, 3.05) is 0 Å². The van der Waals surface area contributed by atoms with Gasteiger partial charge < -0.3 is 5.11 Å². The Bertz CT molecular complexity index is 474. The van der Waals surface area contributed by atoms with Gasteiger partial charge in [-0.1, -0.05) is 11.2 Å². The lowest BCUT2D eigenvalue weighted by Gasteiger charge is -2.09. The van der Waals surface area contributed by atoms with Crippen molar-refractivity contribution in [2.24, 2.45) is 5.16 Å². The van der Waals surface area contributed by atoms with E-state index in [0.29, 0.717) is 0 Å². The fraction of sp³-hybridized carbons (Fsp3) is 0.200. The van der Waals surface area contributed by atoms with Gasteiger partial charge in [0.05, 0.1) is 18.2 Å². The number of nitrogens with zero attached hydrogens (tertiary/aromatic N) is 1. The van der Waals surface area contributed by atoms with E-state index in [9.17, 15) is 18.0 Å². The van der Waals surface area contributed by atoms with Gasteiger partial charge in [0.15, 0.2) is 11.9 Å². The second-order valence-corrected chi connectivity index (χ2v) is 3.46. The molecule has 0 amide bonds. The van der Waals surface area contributed by atoms with E-state index in [1.54, 1.807) is 0 Å². The standard InChI is InChI=1S/C10H7ClF3NO3/c11-18-15-5-6-1-2-8(9(16)17)7(3-6)4-10(12,13)14/h1-3,5H,4H2,(H,16,17). The van der Waals surface area contributed by atoms with Gasteiger partial charge in [-0.25, -0.2) is 4.79 Å². The number of halogens is 4. The molecule has 0 unspecified atom stereocenters. The topological polar surface area (TPSA) is 58.9 Å². The molecule has 4 nitrogen and oxygen atoms in total. The third-order valence-electron chi connectivity index (χ3n) is 1.99. The molecule has 0 aliphatic rings. The molecule has 1 aromatic rings. The van der Waals surface area contributed by atoms with Crippen LogP contribution in [0.4, 0.5) is 13.2 Å². The molecule has 0 heterocycles. The van der Waals surface area contributed by atoms with E-state index in [4.69, 9.17) is 17.0 Å². The third-order valence-corrected chi connectivity index (χ3v) is 2.07. The highest BCUT2D eigenvalue weighted by Gasteiger charge is 2.30. The van der Waals surface area contributed by atoms with Gasteiger partial charge in [-0.3, -0.25) is 4.39 Å². The highest BCUT2D eigenvalue weighted by atomic mass is 35.5. The zero-order chi connectivity index (χ0) is 13.8. The molecule has 0 radical (unpaired) electrons. The molecule has 0 aliphatic heterocycles. The average Bonchev–Trinajstić information content (AvgIpc) is 2.23. The van der Waals surface area contributed by atoms with E-state index in [-0.39, 0.29) is 11.1 Å². The lowest BCUT2D eigenvalue weighted by molar-refractivity contribution is -0.127. The maximum atomic E-state index is 12.3. The fourth-order valence-electron chi connectivity index (χ4n) is 1.35. The summed E-state index contributed by atoms with van der Waals surface area (Å²) in [6, 6.07) is 3.43. The molecule has 0 saturated heterocycles. The number of alkyl halides is 3. The van der Waals surface area contributed by atoms with Crippen LogP contribution >= 0.6 is 11.9 Å². The summed E-state index contributed by atoms with van der Waals surface area (Å²) in [6.45, 7) is 0. The number of carboxylic acids is 1. The number of hydrogen-bond acceptors (Lipinski definition) is 3. The summed E-state index contributed by atoms with van der Waals surface area (Å²) in [4.78, 5) is 10.8. The SMILES string of the molecule is O=C(O)c1ccc(C=NOCl)cc1CC(F)(F)F. The van der Waals surface area contributed by atoms with E-state index in [1.807, 2.05) is 0 Å². The molecule has 0 aliphatic carbocycles. The molecule has 18 heavy (non-hydrogen) atoms. The first-order chi connectivity index (χ1) is 8.33. The predicted molar refractivity (Wildman–Crippen MR) is 57.7 cm³/mol. The fourth-order valence-corrected chi connectivity index (χ4v) is 1.39. The van der Waals surface area contributed by atoms with Crippen LogP contribution in [0.1, 0.15) is 21.5 Å². The number of carbonyl (C=O) groups is 1. The number of rotatable bonds is 4. The van der Waals surface area contributed by atoms with Gasteiger partial charge in [0.1, 0.15) is 0 Å². The van der Waals surface area contributed by atoms with Crippen LogP contribution in [0.2, 0.25) is 0 Å². The van der Waals surface area contributed by atoms with Gasteiger partial charge in [0.25, 0.3) is 0 Å². The zero-order valence-electron chi connectivity index (χ0n) is 8.74. The number of aromatic carboxylic acids is 1. The number of benzene rings is 1. The van der Waals surface area contributed by atoms with E-state index < -0.39 is 24.1 Å². The molecule has 1 rings (SSSR count). The largest absolute Gasteiger partial charge is 0.478 e. The van der Waals surface area contributed by atoms with Gasteiger partial charge >= 0.3 is 12.1 Å². The quantitative estimate of drug-likeness (QED) is 0.682. The van der Waals surface area contributed by atoms with Gasteiger partial charge in [-0.2, -0.15) is 13.2 Å². The average molecular weight is 282 g/mol. The third kappa shape index (κ3) is 4.25. The summed E-state index contributed by atoms with van der Waals surface area (Å²) in [7, 11) is 0. The summed E-state index contributed by atoms with van der Waals surface area (Å²) in [5.74, 6) is -1.42. The van der Waals surface area contributed by atoms with Crippen LogP contribution in [0.25, 0.3) is 0 Å². The number of oxime groups is 1. The molecule has 0 aromatic heterocycles. The van der Waals surface area contributed by atoms with Crippen molar-refractivity contribution in [3.8, 4) is 0 Å². The smallest absolute Gasteiger partial charge is 0.393 e. The molecule has 0 saturated carbocycles. The van der Waals surface area contributed by atoms with Crippen molar-refractivity contribution < 1.29 is 27.5 Å². The minimum Gasteiger partial charge on any atom is -0.478 e. The van der Waals surface area contributed by atoms with Gasteiger partial charge in [-0.05, 0) is 23.3 Å². The Morgan fingerprint density at radius 1 is 1.50 bits per heavy atom. The maximum Gasteiger partial charge on any atom is 0.393 e. The molecule has 0 atom stereocenters. The van der Waals surface area contributed by atoms with E-state index >= 15 is 0 Å². The maximum absolute atomic E-state index is 12.3. The van der Waals surface area contributed by atoms with Crippen molar-refractivity contribution in [1.82, 2.24) is 0 Å². The Morgan fingerprint density at radius 2 is 2.17 bits per heavy atom. The van der Waals surface area contributed by atoms with E-state index in [1.165, 1.54) is 6.07 Å². The minimum absolute atomic E-state index is 0.250. The van der Waals surface area contributed by atoms with Crippen LogP contribution in [0.3, 0.4) is 0 Å². The van der Waals surface area contributed by atoms with E-state index in [2.05, 4.69) is 9.55 Å². The van der Waals surface area contributed by atoms with Crippen molar-refractivity contribution in [3.05, 3.63) is 34.9 Å². The van der Waals surface area contributed by atoms with Crippen LogP contribution < -0.4 is 0 Å². The predicted octanol–water partition coefficient (Wildman–Crippen LogP) is 2.99. The first-order valence-corrected chi connectivity index (χ1v) is 4.88. The Hall–Kier alpha value is -1.76. The first-order valence-electron chi connectivity index (χ1n) is 4.57. The van der Waals surface area contributed by atoms with Crippen molar-refractivity contribution >= 4 is 24.0 Å². The molecular weight excluding hydrogens is 275 g/mol. The molecule has 1 aromatic carbocycles. The lowest BCUT2D eigenvalue weighted by atomic mass is 10.0. The Kier molecular flexibility index (Phi) is 4.55. The number of carboxylic acid groups (broad SMARTS) is 1. The first kappa shape index (κ1) is 14.3. The molecule has 0 fully saturated rings. The van der Waals surface area contributed by atoms with Crippen LogP contribution in [-0.4, -0.2) is 23.5 Å². The zero-order valence-corrected chi connectivity index (χ0v) is 9.50. The van der Waals surface area contributed by atoms with Gasteiger partial charge in [0, 0.05) is 0 Å². The summed E-state index contributed by atoms with van der Waals surface area (Å²) in [5, 5.41) is 11.9. The van der Waals surface area contributed by atoms with Crippen molar-refractivity contribution in [3.63, 3.8) is 0 Å². The molecule has 98 valence electrons. The lowest BCUT2D eigenvalue weighted by Crippen LogP contribution is -2.15. The van der Waals surface area contributed by atoms with Gasteiger partial charge in [0.2, 0.25) is 0 Å². The molecule has 8 heteroatoms. The highest BCUT2D eigenvalue weighted by molar-refractivity contribution is 6.07. The Labute approximate surface area is 105 Å². The Morgan fingerprint density at radius 3 is 2.67 bits per heavy atom. The summed E-state index contributed by atoms with van der Waals surface area (Å²) < 4.78 is 40.8. The molecular formula is C10H7ClF3NO3. The minimum atomic E-state index is -4.50. The highest BCUT2D eigenvalue weighted by Crippen LogP contribution is 2.24. The van der Waals surface area contributed by atoms with Crippen LogP contribution in [0, 0.1) is 0 Å². The summed E-state index contributed by atoms with van der Waals surface area (Å²) in [5.41, 5.74) is -0.510. The normalized spacial score (nSPS) is 11.8. The second kappa shape index (κ2) is 5.72. The monoisotopic (exact) mass is 281 g/mol. The van der Waals surface area contributed by atoms with Crippen LogP contribution in [-0.2, 0) is 10.8 Å². The molecule has 0 spiro atoms. The Balaban J connectivity index is 3.15. The summed E-state index contributed by atoms with van der Waals surface area (Å²) >= 11 is 4.81. The van der Waals surface area contributed by atoms with E-state index in [0.717, 1.165) is 18.3 Å². The molecule has 0 bridgehead atoms. The van der Waals surface area contributed by atoms with Crippen molar-refractivity contribution in [2.45, 2.75) is 12.6 Å². The summed E-state index contributed by atoms with van der Waals surface area (Å²) in [6.07, 6.45) is -4.76.